The molecule has 0 aromatic rings. The van der Waals surface area contributed by atoms with Crippen molar-refractivity contribution in [2.75, 3.05) is 13.1 Å². The summed E-state index contributed by atoms with van der Waals surface area (Å²) >= 11 is 0. The first-order valence-electron chi connectivity index (χ1n) is 6.42. The van der Waals surface area contributed by atoms with Crippen molar-refractivity contribution in [3.8, 4) is 0 Å². The van der Waals surface area contributed by atoms with E-state index in [4.69, 9.17) is 5.73 Å². The smallest absolute Gasteiger partial charge is 0.222 e. The molecular weight excluding hydrogens is 216 g/mol. The number of rotatable bonds is 7. The second-order valence-corrected chi connectivity index (χ2v) is 6.00. The second-order valence-electron chi connectivity index (χ2n) is 6.00. The third-order valence-corrected chi connectivity index (χ3v) is 2.65. The number of nitrogens with one attached hydrogen (secondary N) is 1. The fourth-order valence-corrected chi connectivity index (χ4v) is 1.73. The van der Waals surface area contributed by atoms with E-state index in [1.807, 2.05) is 6.92 Å². The highest BCUT2D eigenvalue weighted by Crippen LogP contribution is 2.20. The Balaban J connectivity index is 3.83. The molecule has 0 aromatic carbocycles. The highest BCUT2D eigenvalue weighted by molar-refractivity contribution is 5.78. The molecule has 0 fully saturated rings. The first-order chi connectivity index (χ1) is 7.76. The summed E-state index contributed by atoms with van der Waals surface area (Å²) in [6, 6.07) is 0. The molecule has 0 radical (unpaired) electrons. The molecule has 4 N–H and O–H groups in total. The highest BCUT2D eigenvalue weighted by atomic mass is 16.3. The largest absolute Gasteiger partial charge is 0.391 e. The van der Waals surface area contributed by atoms with Gasteiger partial charge in [-0.05, 0) is 31.2 Å². The molecule has 0 aliphatic rings. The first-order valence-corrected chi connectivity index (χ1v) is 6.42. The van der Waals surface area contributed by atoms with Crippen LogP contribution < -0.4 is 11.1 Å². The van der Waals surface area contributed by atoms with Crippen LogP contribution >= 0.6 is 0 Å². The van der Waals surface area contributed by atoms with E-state index in [1.165, 1.54) is 0 Å². The van der Waals surface area contributed by atoms with Gasteiger partial charge in [0.15, 0.2) is 0 Å². The van der Waals surface area contributed by atoms with Gasteiger partial charge in [-0.3, -0.25) is 4.79 Å². The number of carbonyl (C=O) groups is 1. The molecular formula is C13H28N2O2. The monoisotopic (exact) mass is 244 g/mol. The molecule has 0 aliphatic carbocycles. The second kappa shape index (κ2) is 7.67. The molecule has 0 rings (SSSR count). The Bertz CT molecular complexity index is 224. The standard InChI is InChI=1S/C13H28N2O2/c1-10(6-5-7-14)12(17)15-9-11(16)8-13(2,3)4/h10-11,16H,5-9,14H2,1-4H3,(H,15,17). The van der Waals surface area contributed by atoms with Gasteiger partial charge in [0.2, 0.25) is 5.91 Å². The maximum atomic E-state index is 11.7. The van der Waals surface area contributed by atoms with Crippen molar-refractivity contribution in [1.82, 2.24) is 5.32 Å². The Morgan fingerprint density at radius 2 is 2.00 bits per heavy atom. The summed E-state index contributed by atoms with van der Waals surface area (Å²) in [4.78, 5) is 11.7. The lowest BCUT2D eigenvalue weighted by Crippen LogP contribution is -2.37. The third kappa shape index (κ3) is 9.12. The number of aliphatic hydroxyl groups excluding tert-OH is 1. The van der Waals surface area contributed by atoms with Crippen LogP contribution in [0.5, 0.6) is 0 Å². The zero-order valence-electron chi connectivity index (χ0n) is 11.6. The molecule has 2 unspecified atom stereocenters. The number of amides is 1. The van der Waals surface area contributed by atoms with Crippen molar-refractivity contribution in [3.05, 3.63) is 0 Å². The van der Waals surface area contributed by atoms with Crippen LogP contribution in [0, 0.1) is 11.3 Å². The zero-order valence-corrected chi connectivity index (χ0v) is 11.6. The molecule has 4 nitrogen and oxygen atoms in total. The zero-order chi connectivity index (χ0) is 13.5. The van der Waals surface area contributed by atoms with E-state index in [-0.39, 0.29) is 17.2 Å². The number of carbonyl (C=O) groups excluding carboxylic acids is 1. The van der Waals surface area contributed by atoms with Crippen molar-refractivity contribution in [2.24, 2.45) is 17.1 Å². The van der Waals surface area contributed by atoms with Crippen molar-refractivity contribution >= 4 is 5.91 Å². The van der Waals surface area contributed by atoms with Gasteiger partial charge in [0.25, 0.3) is 0 Å². The van der Waals surface area contributed by atoms with Crippen LogP contribution in [0.3, 0.4) is 0 Å². The third-order valence-electron chi connectivity index (χ3n) is 2.65. The van der Waals surface area contributed by atoms with Crippen LogP contribution in [0.4, 0.5) is 0 Å². The lowest BCUT2D eigenvalue weighted by Gasteiger charge is -2.23. The quantitative estimate of drug-likeness (QED) is 0.631. The van der Waals surface area contributed by atoms with Gasteiger partial charge in [0.05, 0.1) is 6.10 Å². The van der Waals surface area contributed by atoms with Gasteiger partial charge < -0.3 is 16.2 Å². The van der Waals surface area contributed by atoms with Gasteiger partial charge in [0.1, 0.15) is 0 Å². The van der Waals surface area contributed by atoms with Crippen LogP contribution in [0.2, 0.25) is 0 Å². The Hall–Kier alpha value is -0.610. The molecule has 0 saturated heterocycles. The Morgan fingerprint density at radius 3 is 2.47 bits per heavy atom. The molecule has 0 heterocycles. The minimum Gasteiger partial charge on any atom is -0.391 e. The van der Waals surface area contributed by atoms with Crippen LogP contribution in [-0.4, -0.2) is 30.2 Å². The average molecular weight is 244 g/mol. The van der Waals surface area contributed by atoms with E-state index in [1.54, 1.807) is 0 Å². The first kappa shape index (κ1) is 16.4. The van der Waals surface area contributed by atoms with Gasteiger partial charge in [-0.15, -0.1) is 0 Å². The van der Waals surface area contributed by atoms with E-state index < -0.39 is 6.10 Å². The summed E-state index contributed by atoms with van der Waals surface area (Å²) in [6.45, 7) is 9.06. The summed E-state index contributed by atoms with van der Waals surface area (Å²) in [5.41, 5.74) is 5.48. The van der Waals surface area contributed by atoms with Gasteiger partial charge in [-0.2, -0.15) is 0 Å². The Labute approximate surface area is 105 Å². The lowest BCUT2D eigenvalue weighted by molar-refractivity contribution is -0.125. The SMILES string of the molecule is CC(CCCN)C(=O)NCC(O)CC(C)(C)C. The summed E-state index contributed by atoms with van der Waals surface area (Å²) in [5.74, 6) is -0.0215. The molecule has 0 spiro atoms. The van der Waals surface area contributed by atoms with Gasteiger partial charge >= 0.3 is 0 Å². The summed E-state index contributed by atoms with van der Waals surface area (Å²) < 4.78 is 0. The Morgan fingerprint density at radius 1 is 1.41 bits per heavy atom. The van der Waals surface area contributed by atoms with Crippen molar-refractivity contribution in [1.29, 1.82) is 0 Å². The number of hydrogen-bond acceptors (Lipinski definition) is 3. The molecule has 0 aromatic heterocycles. The minimum absolute atomic E-state index is 0.00593. The Kier molecular flexibility index (Phi) is 7.39. The molecule has 0 bridgehead atoms. The highest BCUT2D eigenvalue weighted by Gasteiger charge is 2.18. The van der Waals surface area contributed by atoms with E-state index in [2.05, 4.69) is 26.1 Å². The summed E-state index contributed by atoms with van der Waals surface area (Å²) in [5, 5.41) is 12.5. The van der Waals surface area contributed by atoms with Gasteiger partial charge in [0, 0.05) is 12.5 Å². The van der Waals surface area contributed by atoms with Gasteiger partial charge in [-0.1, -0.05) is 27.7 Å². The molecule has 17 heavy (non-hydrogen) atoms. The van der Waals surface area contributed by atoms with E-state index >= 15 is 0 Å². The van der Waals surface area contributed by atoms with Crippen LogP contribution in [0.15, 0.2) is 0 Å². The van der Waals surface area contributed by atoms with Crippen molar-refractivity contribution < 1.29 is 9.90 Å². The average Bonchev–Trinajstić information content (AvgIpc) is 2.20. The molecule has 1 amide bonds. The number of nitrogens with two attached hydrogens (primary N) is 1. The minimum atomic E-state index is -0.472. The fraction of sp³-hybridized carbons (Fsp3) is 0.923. The van der Waals surface area contributed by atoms with Crippen LogP contribution in [0.25, 0.3) is 0 Å². The molecule has 102 valence electrons. The van der Waals surface area contributed by atoms with Crippen molar-refractivity contribution in [3.63, 3.8) is 0 Å². The van der Waals surface area contributed by atoms with E-state index in [0.29, 0.717) is 19.5 Å². The van der Waals surface area contributed by atoms with Gasteiger partial charge in [-0.25, -0.2) is 0 Å². The number of hydrogen-bond donors (Lipinski definition) is 3. The maximum Gasteiger partial charge on any atom is 0.222 e. The molecule has 4 heteroatoms. The van der Waals surface area contributed by atoms with Crippen LogP contribution in [0.1, 0.15) is 47.0 Å². The van der Waals surface area contributed by atoms with Crippen LogP contribution in [-0.2, 0) is 4.79 Å². The predicted octanol–water partition coefficient (Wildman–Crippen LogP) is 1.27. The summed E-state index contributed by atoms with van der Waals surface area (Å²) in [7, 11) is 0. The molecule has 0 aliphatic heterocycles. The maximum absolute atomic E-state index is 11.7. The topological polar surface area (TPSA) is 75.4 Å². The number of aliphatic hydroxyl groups is 1. The van der Waals surface area contributed by atoms with E-state index in [0.717, 1.165) is 12.8 Å². The fourth-order valence-electron chi connectivity index (χ4n) is 1.73. The predicted molar refractivity (Wildman–Crippen MR) is 70.5 cm³/mol. The normalized spacial score (nSPS) is 15.4. The lowest BCUT2D eigenvalue weighted by atomic mass is 9.89. The van der Waals surface area contributed by atoms with Crippen molar-refractivity contribution in [2.45, 2.75) is 53.1 Å². The molecule has 0 saturated carbocycles. The molecule has 2 atom stereocenters. The summed E-state index contributed by atoms with van der Waals surface area (Å²) in [6.07, 6.45) is 1.88. The van der Waals surface area contributed by atoms with E-state index in [9.17, 15) is 9.90 Å².